The summed E-state index contributed by atoms with van der Waals surface area (Å²) in [5.41, 5.74) is 4.44. The Bertz CT molecular complexity index is 691. The highest BCUT2D eigenvalue weighted by atomic mass is 35.5. The van der Waals surface area contributed by atoms with Gasteiger partial charge in [0.15, 0.2) is 5.16 Å². The van der Waals surface area contributed by atoms with Gasteiger partial charge >= 0.3 is 11.1 Å². The summed E-state index contributed by atoms with van der Waals surface area (Å²) >= 11 is 6.83. The number of nitrogens with zero attached hydrogens (tertiary/aromatic N) is 3. The highest BCUT2D eigenvalue weighted by molar-refractivity contribution is 7.99. The molecule has 9 heteroatoms. The number of aryl methyl sites for hydroxylation is 1. The lowest BCUT2D eigenvalue weighted by Gasteiger charge is -2.05. The van der Waals surface area contributed by atoms with Gasteiger partial charge in [-0.1, -0.05) is 11.6 Å². The van der Waals surface area contributed by atoms with Gasteiger partial charge in [-0.3, -0.25) is 19.4 Å². The number of rotatable bonds is 2. The minimum Gasteiger partial charge on any atom is -0.399 e. The lowest BCUT2D eigenvalue weighted by atomic mass is 10.4. The highest BCUT2D eigenvalue weighted by Gasteiger charge is 2.08. The Balaban J connectivity index is 2.43. The van der Waals surface area contributed by atoms with Gasteiger partial charge in [0.2, 0.25) is 0 Å². The molecule has 0 aliphatic carbocycles. The fraction of sp³-hybridized carbons (Fsp3) is 0.111. The summed E-state index contributed by atoms with van der Waals surface area (Å²) in [5.74, 6) is 0. The molecule has 3 N–H and O–H groups in total. The number of H-pyrrole nitrogens is 1. The van der Waals surface area contributed by atoms with Crippen molar-refractivity contribution >= 4 is 29.1 Å². The fourth-order valence-corrected chi connectivity index (χ4v) is 2.29. The molecule has 0 bridgehead atoms. The number of nitrogen functional groups attached to an aromatic ring is 1. The van der Waals surface area contributed by atoms with Gasteiger partial charge in [-0.05, 0) is 23.9 Å². The smallest absolute Gasteiger partial charge is 0.339 e. The molecule has 2 heterocycles. The molecule has 7 nitrogen and oxygen atoms in total. The quantitative estimate of drug-likeness (QED) is 0.605. The summed E-state index contributed by atoms with van der Waals surface area (Å²) < 4.78 is 1.33. The summed E-state index contributed by atoms with van der Waals surface area (Å²) in [4.78, 5) is 29.9. The highest BCUT2D eigenvalue weighted by Crippen LogP contribution is 2.25. The molecule has 0 radical (unpaired) electrons. The van der Waals surface area contributed by atoms with E-state index in [1.165, 1.54) is 10.7 Å². The summed E-state index contributed by atoms with van der Waals surface area (Å²) in [6, 6.07) is 3.10. The molecule has 0 atom stereocenters. The van der Waals surface area contributed by atoms with Crippen LogP contribution in [0, 0.1) is 0 Å². The van der Waals surface area contributed by atoms with Crippen molar-refractivity contribution < 1.29 is 0 Å². The van der Waals surface area contributed by atoms with Crippen LogP contribution in [0.1, 0.15) is 0 Å². The minimum atomic E-state index is -0.856. The van der Waals surface area contributed by atoms with Crippen LogP contribution in [0.15, 0.2) is 31.9 Å². The van der Waals surface area contributed by atoms with Gasteiger partial charge < -0.3 is 5.73 Å². The Morgan fingerprint density at radius 3 is 2.78 bits per heavy atom. The van der Waals surface area contributed by atoms with Crippen molar-refractivity contribution in [3.8, 4) is 0 Å². The van der Waals surface area contributed by atoms with Crippen LogP contribution in [-0.4, -0.2) is 19.7 Å². The maximum Gasteiger partial charge on any atom is 0.339 e. The molecule has 0 fully saturated rings. The van der Waals surface area contributed by atoms with Crippen LogP contribution >= 0.6 is 23.4 Å². The Morgan fingerprint density at radius 1 is 1.39 bits per heavy atom. The number of halogens is 1. The van der Waals surface area contributed by atoms with Crippen molar-refractivity contribution in [1.82, 2.24) is 19.7 Å². The molecule has 94 valence electrons. The second-order valence-electron chi connectivity index (χ2n) is 3.36. The zero-order valence-corrected chi connectivity index (χ0v) is 10.7. The maximum atomic E-state index is 11.2. The van der Waals surface area contributed by atoms with Crippen molar-refractivity contribution in [2.45, 2.75) is 10.2 Å². The van der Waals surface area contributed by atoms with Crippen LogP contribution in [0.4, 0.5) is 5.69 Å². The monoisotopic (exact) mass is 285 g/mol. The Morgan fingerprint density at radius 2 is 2.11 bits per heavy atom. The van der Waals surface area contributed by atoms with E-state index in [1.54, 1.807) is 13.1 Å². The third-order valence-corrected chi connectivity index (χ3v) is 3.10. The van der Waals surface area contributed by atoms with Crippen molar-refractivity contribution in [3.05, 3.63) is 38.0 Å². The summed E-state index contributed by atoms with van der Waals surface area (Å²) in [6.07, 6.45) is 0. The Labute approximate surface area is 110 Å². The van der Waals surface area contributed by atoms with Gasteiger partial charge in [0.25, 0.3) is 0 Å². The zero-order chi connectivity index (χ0) is 13.3. The topological polar surface area (TPSA) is 107 Å². The molecule has 0 aromatic carbocycles. The summed E-state index contributed by atoms with van der Waals surface area (Å²) in [7, 11) is 1.56. The Hall–Kier alpha value is -1.80. The lowest BCUT2D eigenvalue weighted by molar-refractivity contribution is 0.596. The summed E-state index contributed by atoms with van der Waals surface area (Å²) in [5, 5.41) is 3.34. The van der Waals surface area contributed by atoms with E-state index in [9.17, 15) is 9.59 Å². The lowest BCUT2D eigenvalue weighted by Crippen LogP contribution is -2.33. The van der Waals surface area contributed by atoms with Gasteiger partial charge in [0.1, 0.15) is 10.2 Å². The Kier molecular flexibility index (Phi) is 3.39. The number of aromatic amines is 1. The van der Waals surface area contributed by atoms with Crippen LogP contribution in [0.5, 0.6) is 0 Å². The van der Waals surface area contributed by atoms with Gasteiger partial charge in [-0.2, -0.15) is 4.98 Å². The molecule has 0 aliphatic rings. The minimum absolute atomic E-state index is 0.243. The van der Waals surface area contributed by atoms with Gasteiger partial charge in [-0.25, -0.2) is 4.98 Å². The van der Waals surface area contributed by atoms with Gasteiger partial charge in [0, 0.05) is 12.7 Å². The first-order chi connectivity index (χ1) is 8.45. The van der Waals surface area contributed by atoms with Gasteiger partial charge in [-0.15, -0.1) is 0 Å². The number of nitrogens with two attached hydrogens (primary N) is 1. The van der Waals surface area contributed by atoms with E-state index in [-0.39, 0.29) is 10.3 Å². The number of aromatic nitrogens is 4. The molecule has 0 saturated carbocycles. The molecule has 2 rings (SSSR count). The summed E-state index contributed by atoms with van der Waals surface area (Å²) in [6.45, 7) is 0. The van der Waals surface area contributed by atoms with Crippen molar-refractivity contribution in [2.75, 3.05) is 5.73 Å². The van der Waals surface area contributed by atoms with Crippen LogP contribution in [-0.2, 0) is 7.05 Å². The van der Waals surface area contributed by atoms with E-state index in [0.717, 1.165) is 11.8 Å². The van der Waals surface area contributed by atoms with E-state index in [4.69, 9.17) is 17.3 Å². The number of nitrogens with one attached hydrogen (secondary N) is 1. The molecular weight excluding hydrogens is 278 g/mol. The van der Waals surface area contributed by atoms with Crippen LogP contribution in [0.25, 0.3) is 0 Å². The fourth-order valence-electron chi connectivity index (χ4n) is 1.19. The predicted molar refractivity (Wildman–Crippen MR) is 67.9 cm³/mol. The SMILES string of the molecule is Cn1[nH]c(=O)c(=O)nc1Sc1cc(N)cc(Cl)n1. The molecule has 0 amide bonds. The molecule has 18 heavy (non-hydrogen) atoms. The maximum absolute atomic E-state index is 11.2. The normalized spacial score (nSPS) is 10.6. The molecule has 0 aliphatic heterocycles. The van der Waals surface area contributed by atoms with Gasteiger partial charge in [0.05, 0.1) is 0 Å². The van der Waals surface area contributed by atoms with Crippen LogP contribution in [0.2, 0.25) is 5.15 Å². The van der Waals surface area contributed by atoms with E-state index >= 15 is 0 Å². The van der Waals surface area contributed by atoms with E-state index in [0.29, 0.717) is 10.7 Å². The van der Waals surface area contributed by atoms with Crippen molar-refractivity contribution in [3.63, 3.8) is 0 Å². The third-order valence-electron chi connectivity index (χ3n) is 1.94. The second kappa shape index (κ2) is 4.83. The first-order valence-electron chi connectivity index (χ1n) is 4.74. The van der Waals surface area contributed by atoms with Crippen molar-refractivity contribution in [2.24, 2.45) is 7.05 Å². The first-order valence-corrected chi connectivity index (χ1v) is 5.93. The largest absolute Gasteiger partial charge is 0.399 e. The average molecular weight is 286 g/mol. The molecule has 2 aromatic heterocycles. The molecule has 0 saturated heterocycles. The predicted octanol–water partition coefficient (Wildman–Crippen LogP) is 0.250. The standard InChI is InChI=1S/C9H8ClN5O2S/c1-15-9(13-7(16)8(17)14-15)18-6-3-4(11)2-5(10)12-6/h2-3H,1H3,(H2,11,12)(H,14,17). The number of pyridine rings is 1. The molecule has 2 aromatic rings. The molecule has 0 unspecified atom stereocenters. The zero-order valence-electron chi connectivity index (χ0n) is 9.18. The first kappa shape index (κ1) is 12.7. The van der Waals surface area contributed by atoms with E-state index < -0.39 is 11.1 Å². The van der Waals surface area contributed by atoms with Crippen LogP contribution in [0.3, 0.4) is 0 Å². The number of hydrogen-bond donors (Lipinski definition) is 2. The third kappa shape index (κ3) is 2.71. The second-order valence-corrected chi connectivity index (χ2v) is 4.74. The average Bonchev–Trinajstić information content (AvgIpc) is 2.24. The molecular formula is C9H8ClN5O2S. The van der Waals surface area contributed by atoms with E-state index in [2.05, 4.69) is 15.1 Å². The molecule has 0 spiro atoms. The van der Waals surface area contributed by atoms with Crippen LogP contribution < -0.4 is 16.9 Å². The number of hydrogen-bond acceptors (Lipinski definition) is 6. The van der Waals surface area contributed by atoms with E-state index in [1.807, 2.05) is 0 Å². The van der Waals surface area contributed by atoms with Crippen molar-refractivity contribution in [1.29, 1.82) is 0 Å². The number of anilines is 1.